The van der Waals surface area contributed by atoms with E-state index in [9.17, 15) is 9.59 Å². The number of carboxylic acid groups (broad SMARTS) is 1. The van der Waals surface area contributed by atoms with Gasteiger partial charge in [-0.2, -0.15) is 0 Å². The van der Waals surface area contributed by atoms with Crippen molar-refractivity contribution in [2.75, 3.05) is 6.61 Å². The number of rotatable bonds is 6. The molecule has 1 amide bonds. The second-order valence-corrected chi connectivity index (χ2v) is 4.25. The first kappa shape index (κ1) is 13.0. The molecule has 0 aromatic heterocycles. The Hall–Kier alpha value is -1.10. The highest BCUT2D eigenvalue weighted by atomic mass is 16.5. The molecule has 0 aliphatic heterocycles. The summed E-state index contributed by atoms with van der Waals surface area (Å²) in [5, 5.41) is 11.1. The Morgan fingerprint density at radius 3 is 2.62 bits per heavy atom. The standard InChI is InChI=1S/C11H19NO4/c1-3-16-9-4-8(5-9)6-10(13)12-7(2)11(14)15/h7-9H,3-6H2,1-2H3,(H,12,13)(H,14,15)/t7-,8?,9?/m0/s1. The molecule has 0 unspecified atom stereocenters. The molecule has 0 radical (unpaired) electrons. The normalized spacial score (nSPS) is 25.6. The summed E-state index contributed by atoms with van der Waals surface area (Å²) >= 11 is 0. The zero-order valence-electron chi connectivity index (χ0n) is 9.73. The number of hydrogen-bond acceptors (Lipinski definition) is 3. The van der Waals surface area contributed by atoms with Crippen LogP contribution in [0.25, 0.3) is 0 Å². The molecule has 92 valence electrons. The molecule has 2 N–H and O–H groups in total. The molecule has 5 heteroatoms. The van der Waals surface area contributed by atoms with Gasteiger partial charge in [0.25, 0.3) is 0 Å². The molecule has 0 bridgehead atoms. The lowest BCUT2D eigenvalue weighted by molar-refractivity contribution is -0.141. The predicted octanol–water partition coefficient (Wildman–Crippen LogP) is 0.781. The van der Waals surface area contributed by atoms with E-state index in [4.69, 9.17) is 9.84 Å². The van der Waals surface area contributed by atoms with Gasteiger partial charge in [-0.1, -0.05) is 0 Å². The summed E-state index contributed by atoms with van der Waals surface area (Å²) in [5.74, 6) is -0.846. The van der Waals surface area contributed by atoms with Crippen LogP contribution >= 0.6 is 0 Å². The lowest BCUT2D eigenvalue weighted by atomic mass is 9.80. The third kappa shape index (κ3) is 3.81. The topological polar surface area (TPSA) is 75.6 Å². The highest BCUT2D eigenvalue weighted by Gasteiger charge is 2.31. The maximum absolute atomic E-state index is 11.4. The summed E-state index contributed by atoms with van der Waals surface area (Å²) in [7, 11) is 0. The van der Waals surface area contributed by atoms with Gasteiger partial charge in [0, 0.05) is 13.0 Å². The SMILES string of the molecule is CCOC1CC(CC(=O)N[C@@H](C)C(=O)O)C1. The molecule has 0 aromatic carbocycles. The van der Waals surface area contributed by atoms with Gasteiger partial charge >= 0.3 is 5.97 Å². The highest BCUT2D eigenvalue weighted by molar-refractivity contribution is 5.83. The number of aliphatic carboxylic acids is 1. The second kappa shape index (κ2) is 5.84. The molecule has 0 heterocycles. The van der Waals surface area contributed by atoms with Crippen LogP contribution in [0.4, 0.5) is 0 Å². The summed E-state index contributed by atoms with van der Waals surface area (Å²) in [6, 6.07) is -0.810. The Morgan fingerprint density at radius 2 is 2.12 bits per heavy atom. The van der Waals surface area contributed by atoms with E-state index in [1.165, 1.54) is 6.92 Å². The first-order valence-corrected chi connectivity index (χ1v) is 5.66. The van der Waals surface area contributed by atoms with Crippen molar-refractivity contribution in [1.29, 1.82) is 0 Å². The summed E-state index contributed by atoms with van der Waals surface area (Å²) in [5.41, 5.74) is 0. The minimum Gasteiger partial charge on any atom is -0.480 e. The van der Waals surface area contributed by atoms with Crippen LogP contribution in [0, 0.1) is 5.92 Å². The molecule has 5 nitrogen and oxygen atoms in total. The number of hydrogen-bond donors (Lipinski definition) is 2. The molecular weight excluding hydrogens is 210 g/mol. The van der Waals surface area contributed by atoms with Gasteiger partial charge in [0.05, 0.1) is 6.10 Å². The van der Waals surface area contributed by atoms with Gasteiger partial charge in [-0.15, -0.1) is 0 Å². The number of ether oxygens (including phenoxy) is 1. The highest BCUT2D eigenvalue weighted by Crippen LogP contribution is 2.32. The number of carboxylic acids is 1. The maximum atomic E-state index is 11.4. The largest absolute Gasteiger partial charge is 0.480 e. The van der Waals surface area contributed by atoms with Crippen molar-refractivity contribution in [3.05, 3.63) is 0 Å². The van der Waals surface area contributed by atoms with Gasteiger partial charge in [0.15, 0.2) is 0 Å². The molecule has 16 heavy (non-hydrogen) atoms. The second-order valence-electron chi connectivity index (χ2n) is 4.25. The molecular formula is C11H19NO4. The Labute approximate surface area is 95.2 Å². The summed E-state index contributed by atoms with van der Waals surface area (Å²) in [6.07, 6.45) is 2.51. The van der Waals surface area contributed by atoms with Crippen LogP contribution in [-0.2, 0) is 14.3 Å². The van der Waals surface area contributed by atoms with Gasteiger partial charge < -0.3 is 15.2 Å². The predicted molar refractivity (Wildman–Crippen MR) is 58.0 cm³/mol. The van der Waals surface area contributed by atoms with Gasteiger partial charge in [0.1, 0.15) is 6.04 Å². The Bertz CT molecular complexity index is 261. The third-order valence-electron chi connectivity index (χ3n) is 2.82. The molecule has 1 rings (SSSR count). The minimum absolute atomic E-state index is 0.185. The average molecular weight is 229 g/mol. The molecule has 0 saturated heterocycles. The monoisotopic (exact) mass is 229 g/mol. The van der Waals surface area contributed by atoms with Crippen molar-refractivity contribution in [1.82, 2.24) is 5.32 Å². The van der Waals surface area contributed by atoms with E-state index in [1.807, 2.05) is 6.92 Å². The lowest BCUT2D eigenvalue weighted by Crippen LogP contribution is -2.41. The van der Waals surface area contributed by atoms with Crippen LogP contribution in [0.2, 0.25) is 0 Å². The fourth-order valence-corrected chi connectivity index (χ4v) is 1.84. The smallest absolute Gasteiger partial charge is 0.325 e. The van der Waals surface area contributed by atoms with Crippen LogP contribution in [0.15, 0.2) is 0 Å². The molecule has 1 aliphatic carbocycles. The summed E-state index contributed by atoms with van der Waals surface area (Å²) in [4.78, 5) is 21.9. The van der Waals surface area contributed by atoms with E-state index in [0.29, 0.717) is 25.0 Å². The van der Waals surface area contributed by atoms with Crippen LogP contribution in [0.3, 0.4) is 0 Å². The molecule has 1 saturated carbocycles. The number of carbonyl (C=O) groups is 2. The number of nitrogens with one attached hydrogen (secondary N) is 1. The van der Waals surface area contributed by atoms with Gasteiger partial charge in [0.2, 0.25) is 5.91 Å². The minimum atomic E-state index is -1.01. The van der Waals surface area contributed by atoms with Crippen LogP contribution in [0.5, 0.6) is 0 Å². The Morgan fingerprint density at radius 1 is 1.50 bits per heavy atom. The van der Waals surface area contributed by atoms with Crippen molar-refractivity contribution >= 4 is 11.9 Å². The van der Waals surface area contributed by atoms with Crippen molar-refractivity contribution in [3.63, 3.8) is 0 Å². The average Bonchev–Trinajstić information content (AvgIpc) is 2.14. The van der Waals surface area contributed by atoms with Crippen molar-refractivity contribution < 1.29 is 19.4 Å². The van der Waals surface area contributed by atoms with E-state index in [-0.39, 0.29) is 5.91 Å². The van der Waals surface area contributed by atoms with Gasteiger partial charge in [-0.05, 0) is 32.6 Å². The third-order valence-corrected chi connectivity index (χ3v) is 2.82. The Kier molecular flexibility index (Phi) is 4.73. The quantitative estimate of drug-likeness (QED) is 0.705. The van der Waals surface area contributed by atoms with E-state index in [1.54, 1.807) is 0 Å². The van der Waals surface area contributed by atoms with E-state index in [0.717, 1.165) is 12.8 Å². The van der Waals surface area contributed by atoms with Gasteiger partial charge in [-0.3, -0.25) is 9.59 Å². The summed E-state index contributed by atoms with van der Waals surface area (Å²) in [6.45, 7) is 4.12. The van der Waals surface area contributed by atoms with Crippen molar-refractivity contribution in [2.24, 2.45) is 5.92 Å². The fraction of sp³-hybridized carbons (Fsp3) is 0.818. The van der Waals surface area contributed by atoms with Crippen LogP contribution in [-0.4, -0.2) is 35.7 Å². The van der Waals surface area contributed by atoms with Crippen LogP contribution in [0.1, 0.15) is 33.1 Å². The summed E-state index contributed by atoms with van der Waals surface area (Å²) < 4.78 is 5.38. The first-order chi connectivity index (χ1) is 7.52. The van der Waals surface area contributed by atoms with E-state index < -0.39 is 12.0 Å². The molecule has 1 aliphatic rings. The number of carbonyl (C=O) groups excluding carboxylic acids is 1. The zero-order valence-corrected chi connectivity index (χ0v) is 9.73. The Balaban J connectivity index is 2.15. The molecule has 0 spiro atoms. The zero-order chi connectivity index (χ0) is 12.1. The molecule has 0 aromatic rings. The van der Waals surface area contributed by atoms with Crippen molar-refractivity contribution in [2.45, 2.75) is 45.3 Å². The molecule has 1 fully saturated rings. The number of amides is 1. The van der Waals surface area contributed by atoms with Crippen LogP contribution < -0.4 is 5.32 Å². The lowest BCUT2D eigenvalue weighted by Gasteiger charge is -2.34. The maximum Gasteiger partial charge on any atom is 0.325 e. The van der Waals surface area contributed by atoms with Crippen molar-refractivity contribution in [3.8, 4) is 0 Å². The fourth-order valence-electron chi connectivity index (χ4n) is 1.84. The van der Waals surface area contributed by atoms with E-state index in [2.05, 4.69) is 5.32 Å². The van der Waals surface area contributed by atoms with E-state index >= 15 is 0 Å². The first-order valence-electron chi connectivity index (χ1n) is 5.66. The van der Waals surface area contributed by atoms with Gasteiger partial charge in [-0.25, -0.2) is 0 Å². The molecule has 1 atom stereocenters.